The summed E-state index contributed by atoms with van der Waals surface area (Å²) < 4.78 is 41.3. The van der Waals surface area contributed by atoms with E-state index in [1.54, 1.807) is 13.2 Å². The zero-order valence-electron chi connectivity index (χ0n) is 15.2. The molecule has 0 aromatic heterocycles. The molecule has 1 aliphatic heterocycles. The zero-order valence-corrected chi connectivity index (χ0v) is 16.8. The second-order valence-electron chi connectivity index (χ2n) is 6.27. The number of methoxy groups -OCH3 is 1. The van der Waals surface area contributed by atoms with E-state index in [9.17, 15) is 13.6 Å². The van der Waals surface area contributed by atoms with Gasteiger partial charge in [-0.3, -0.25) is 0 Å². The first kappa shape index (κ1) is 20.3. The van der Waals surface area contributed by atoms with Crippen molar-refractivity contribution in [3.8, 4) is 11.5 Å². The van der Waals surface area contributed by atoms with Gasteiger partial charge < -0.3 is 24.8 Å². The van der Waals surface area contributed by atoms with Crippen molar-refractivity contribution in [3.63, 3.8) is 0 Å². The summed E-state index contributed by atoms with van der Waals surface area (Å²) in [5.41, 5.74) is 1.52. The number of amides is 2. The lowest BCUT2D eigenvalue weighted by Gasteiger charge is -2.24. The van der Waals surface area contributed by atoms with Crippen LogP contribution in [0.1, 0.15) is 24.2 Å². The second kappa shape index (κ2) is 8.32. The van der Waals surface area contributed by atoms with Gasteiger partial charge in [0, 0.05) is 18.1 Å². The van der Waals surface area contributed by atoms with E-state index in [0.717, 1.165) is 10.0 Å². The number of rotatable bonds is 6. The van der Waals surface area contributed by atoms with E-state index in [4.69, 9.17) is 4.74 Å². The van der Waals surface area contributed by atoms with Crippen molar-refractivity contribution in [2.45, 2.75) is 31.9 Å². The predicted molar refractivity (Wildman–Crippen MR) is 101 cm³/mol. The molecule has 2 aromatic carbocycles. The molecule has 6 nitrogen and oxygen atoms in total. The Morgan fingerprint density at radius 3 is 2.54 bits per heavy atom. The van der Waals surface area contributed by atoms with Gasteiger partial charge in [-0.1, -0.05) is 34.1 Å². The van der Waals surface area contributed by atoms with E-state index in [1.165, 1.54) is 12.1 Å². The van der Waals surface area contributed by atoms with E-state index >= 15 is 0 Å². The Balaban J connectivity index is 1.55. The Morgan fingerprint density at radius 1 is 1.18 bits per heavy atom. The third kappa shape index (κ3) is 4.90. The number of halogens is 3. The van der Waals surface area contributed by atoms with Crippen LogP contribution in [0.25, 0.3) is 0 Å². The van der Waals surface area contributed by atoms with Crippen LogP contribution in [-0.2, 0) is 11.3 Å². The first-order valence-electron chi connectivity index (χ1n) is 8.49. The lowest BCUT2D eigenvalue weighted by molar-refractivity contribution is -0.286. The van der Waals surface area contributed by atoms with Crippen LogP contribution in [0, 0.1) is 0 Å². The molecule has 2 atom stereocenters. The largest absolute Gasteiger partial charge is 0.586 e. The van der Waals surface area contributed by atoms with Crippen molar-refractivity contribution >= 4 is 22.0 Å². The summed E-state index contributed by atoms with van der Waals surface area (Å²) in [5.74, 6) is -0.1000. The molecule has 2 aromatic rings. The van der Waals surface area contributed by atoms with Gasteiger partial charge in [0.2, 0.25) is 0 Å². The molecule has 0 aliphatic carbocycles. The van der Waals surface area contributed by atoms with Gasteiger partial charge in [-0.2, -0.15) is 0 Å². The molecule has 0 saturated heterocycles. The summed E-state index contributed by atoms with van der Waals surface area (Å²) in [6.07, 6.45) is -3.99. The van der Waals surface area contributed by atoms with Crippen LogP contribution in [-0.4, -0.2) is 25.5 Å². The van der Waals surface area contributed by atoms with Crippen molar-refractivity contribution in [2.24, 2.45) is 0 Å². The number of ether oxygens (including phenoxy) is 3. The standard InChI is InChI=1S/C19H19BrF2N2O4/c1-11(17(26-2)13-4-6-14(20)7-5-13)24-18(25)23-10-12-3-8-15-16(9-12)28-19(21,22)27-15/h3-9,11,17H,10H2,1-2H3,(H2,23,24,25). The smallest absolute Gasteiger partial charge is 0.395 e. The summed E-state index contributed by atoms with van der Waals surface area (Å²) in [5, 5.41) is 5.50. The SMILES string of the molecule is COC(c1ccc(Br)cc1)C(C)NC(=O)NCc1ccc2c(c1)OC(F)(F)O2. The lowest BCUT2D eigenvalue weighted by atomic mass is 10.0. The van der Waals surface area contributed by atoms with E-state index < -0.39 is 12.3 Å². The van der Waals surface area contributed by atoms with Crippen molar-refractivity contribution in [1.82, 2.24) is 10.6 Å². The molecule has 9 heteroatoms. The maximum absolute atomic E-state index is 13.1. The molecule has 1 aliphatic rings. The quantitative estimate of drug-likeness (QED) is 0.677. The van der Waals surface area contributed by atoms with E-state index in [0.29, 0.717) is 5.56 Å². The molecule has 0 bridgehead atoms. The van der Waals surface area contributed by atoms with Gasteiger partial charge in [-0.25, -0.2) is 4.79 Å². The Bertz CT molecular complexity index is 848. The molecule has 0 spiro atoms. The number of carbonyl (C=O) groups excluding carboxylic acids is 1. The van der Waals surface area contributed by atoms with Gasteiger partial charge in [0.1, 0.15) is 6.10 Å². The monoisotopic (exact) mass is 456 g/mol. The highest BCUT2D eigenvalue weighted by atomic mass is 79.9. The van der Waals surface area contributed by atoms with Crippen molar-refractivity contribution in [3.05, 3.63) is 58.1 Å². The average Bonchev–Trinajstić information content (AvgIpc) is 2.95. The highest BCUT2D eigenvalue weighted by Gasteiger charge is 2.43. The number of hydrogen-bond acceptors (Lipinski definition) is 4. The normalized spacial score (nSPS) is 16.3. The molecule has 28 heavy (non-hydrogen) atoms. The van der Waals surface area contributed by atoms with Gasteiger partial charge >= 0.3 is 12.3 Å². The Labute approximate surface area is 169 Å². The highest BCUT2D eigenvalue weighted by Crippen LogP contribution is 2.41. The minimum atomic E-state index is -3.66. The first-order valence-corrected chi connectivity index (χ1v) is 9.28. The topological polar surface area (TPSA) is 68.8 Å². The van der Waals surface area contributed by atoms with Crippen molar-refractivity contribution < 1.29 is 27.8 Å². The fourth-order valence-corrected chi connectivity index (χ4v) is 3.16. The minimum Gasteiger partial charge on any atom is -0.395 e. The van der Waals surface area contributed by atoms with Gasteiger partial charge in [0.25, 0.3) is 0 Å². The number of nitrogens with one attached hydrogen (secondary N) is 2. The number of alkyl halides is 2. The second-order valence-corrected chi connectivity index (χ2v) is 7.19. The lowest BCUT2D eigenvalue weighted by Crippen LogP contribution is -2.43. The highest BCUT2D eigenvalue weighted by molar-refractivity contribution is 9.10. The molecule has 0 saturated carbocycles. The van der Waals surface area contributed by atoms with Crippen molar-refractivity contribution in [1.29, 1.82) is 0 Å². The molecule has 3 rings (SSSR count). The van der Waals surface area contributed by atoms with Crippen LogP contribution in [0.4, 0.5) is 13.6 Å². The molecule has 2 N–H and O–H groups in total. The Kier molecular flexibility index (Phi) is 6.04. The molecule has 150 valence electrons. The summed E-state index contributed by atoms with van der Waals surface area (Å²) >= 11 is 3.38. The predicted octanol–water partition coefficient (Wildman–Crippen LogP) is 4.35. The third-order valence-electron chi connectivity index (χ3n) is 4.18. The maximum atomic E-state index is 13.1. The fourth-order valence-electron chi connectivity index (χ4n) is 2.90. The van der Waals surface area contributed by atoms with Gasteiger partial charge in [0.05, 0.1) is 6.04 Å². The van der Waals surface area contributed by atoms with Crippen molar-refractivity contribution in [2.75, 3.05) is 7.11 Å². The number of fused-ring (bicyclic) bond motifs is 1. The summed E-state index contributed by atoms with van der Waals surface area (Å²) in [7, 11) is 1.57. The van der Waals surface area contributed by atoms with Gasteiger partial charge in [0.15, 0.2) is 11.5 Å². The van der Waals surface area contributed by atoms with E-state index in [2.05, 4.69) is 36.0 Å². The fraction of sp³-hybridized carbons (Fsp3) is 0.316. The van der Waals surface area contributed by atoms with Crippen LogP contribution >= 0.6 is 15.9 Å². The van der Waals surface area contributed by atoms with Crippen LogP contribution in [0.2, 0.25) is 0 Å². The molecule has 2 amide bonds. The molecule has 0 radical (unpaired) electrons. The van der Waals surface area contributed by atoms with E-state index in [1.807, 2.05) is 31.2 Å². The Hall–Kier alpha value is -2.39. The average molecular weight is 457 g/mol. The molecular weight excluding hydrogens is 438 g/mol. The van der Waals surface area contributed by atoms with E-state index in [-0.39, 0.29) is 30.2 Å². The third-order valence-corrected chi connectivity index (χ3v) is 4.71. The first-order chi connectivity index (χ1) is 13.3. The number of urea groups is 1. The van der Waals surface area contributed by atoms with Crippen LogP contribution in [0.3, 0.4) is 0 Å². The van der Waals surface area contributed by atoms with Crippen LogP contribution in [0.5, 0.6) is 11.5 Å². The van der Waals surface area contributed by atoms with Crippen LogP contribution in [0.15, 0.2) is 46.9 Å². The number of benzene rings is 2. The molecule has 2 unspecified atom stereocenters. The maximum Gasteiger partial charge on any atom is 0.586 e. The number of carbonyl (C=O) groups is 1. The summed E-state index contributed by atoms with van der Waals surface area (Å²) in [6, 6.07) is 11.3. The van der Waals surface area contributed by atoms with Crippen LogP contribution < -0.4 is 20.1 Å². The Morgan fingerprint density at radius 2 is 1.86 bits per heavy atom. The summed E-state index contributed by atoms with van der Waals surface area (Å²) in [6.45, 7) is 1.97. The van der Waals surface area contributed by atoms with Gasteiger partial charge in [-0.05, 0) is 42.3 Å². The minimum absolute atomic E-state index is 0.0377. The number of hydrogen-bond donors (Lipinski definition) is 2. The molecule has 0 fully saturated rings. The van der Waals surface area contributed by atoms with Gasteiger partial charge in [-0.15, -0.1) is 8.78 Å². The zero-order chi connectivity index (χ0) is 20.3. The molecule has 1 heterocycles. The summed E-state index contributed by atoms with van der Waals surface area (Å²) in [4.78, 5) is 12.2. The molecular formula is C19H19BrF2N2O4.